The number of carbonyl (C=O) groups is 4. The van der Waals surface area contributed by atoms with Crippen molar-refractivity contribution in [3.05, 3.63) is 96.5 Å². The Balaban J connectivity index is 1.63. The highest BCUT2D eigenvalue weighted by Gasteiger charge is 2.48. The molecule has 3 aromatic rings. The Bertz CT molecular complexity index is 2180. The standard InChI is InChI=1S/C40H44N4O6/c1-9-23-20(5)27-15-28-21(6)25(11-12-33(46)50-14-13-19(3)4)37(43-28)35-36(40(48)49-8)39(47)34-22(7)29(44-38(34)35)16-31-24(10-2)26(18-45)32(42-31)17-30(23)41-27/h9,13,15-18,21,25,36,41-44H,1,10-12,14H2,2-8H3/b28-15+,31-16+,32-17-,37-35-/t21-,25-,36+/m0/s1. The van der Waals surface area contributed by atoms with E-state index in [1.165, 1.54) is 7.11 Å². The van der Waals surface area contributed by atoms with Gasteiger partial charge in [-0.2, -0.15) is 0 Å². The van der Waals surface area contributed by atoms with Gasteiger partial charge in [0.2, 0.25) is 0 Å². The molecule has 3 atom stereocenters. The summed E-state index contributed by atoms with van der Waals surface area (Å²) in [5.41, 5.74) is 10.4. The monoisotopic (exact) mass is 676 g/mol. The molecule has 3 aromatic heterocycles. The topological polar surface area (TPSA) is 146 Å². The number of rotatable bonds is 9. The Morgan fingerprint density at radius 3 is 2.36 bits per heavy atom. The van der Waals surface area contributed by atoms with Crippen LogP contribution in [0.2, 0.25) is 0 Å². The van der Waals surface area contributed by atoms with Crippen molar-refractivity contribution < 1.29 is 28.7 Å². The maximum atomic E-state index is 14.2. The Kier molecular flexibility index (Phi) is 9.31. The second-order valence-corrected chi connectivity index (χ2v) is 13.5. The molecular formula is C40H44N4O6. The highest BCUT2D eigenvalue weighted by atomic mass is 16.5. The Morgan fingerprint density at radius 2 is 1.70 bits per heavy atom. The zero-order chi connectivity index (χ0) is 36.0. The van der Waals surface area contributed by atoms with E-state index >= 15 is 0 Å². The summed E-state index contributed by atoms with van der Waals surface area (Å²) < 4.78 is 10.7. The van der Waals surface area contributed by atoms with Crippen molar-refractivity contribution in [3.63, 3.8) is 0 Å². The average Bonchev–Trinajstić information content (AvgIpc) is 3.83. The van der Waals surface area contributed by atoms with E-state index in [1.54, 1.807) is 6.08 Å². The number of fused-ring (bicyclic) bond motifs is 7. The minimum absolute atomic E-state index is 0.125. The molecule has 1 aliphatic carbocycles. The number of hydrogen-bond acceptors (Lipinski definition) is 7. The van der Waals surface area contributed by atoms with Crippen molar-refractivity contribution in [3.8, 4) is 0 Å². The molecule has 10 nitrogen and oxygen atoms in total. The van der Waals surface area contributed by atoms with E-state index in [1.807, 2.05) is 58.9 Å². The molecule has 0 spiro atoms. The fourth-order valence-corrected chi connectivity index (χ4v) is 7.59. The minimum atomic E-state index is -1.18. The summed E-state index contributed by atoms with van der Waals surface area (Å²) in [6, 6.07) is 0. The summed E-state index contributed by atoms with van der Waals surface area (Å²) in [5.74, 6) is -2.88. The number of ether oxygens (including phenoxy) is 2. The molecule has 10 heteroatoms. The van der Waals surface area contributed by atoms with Crippen molar-refractivity contribution in [2.75, 3.05) is 13.7 Å². The van der Waals surface area contributed by atoms with Crippen LogP contribution < -0.4 is 16.0 Å². The highest BCUT2D eigenvalue weighted by molar-refractivity contribution is 6.24. The average molecular weight is 677 g/mol. The summed E-state index contributed by atoms with van der Waals surface area (Å²) in [7, 11) is 1.28. The molecule has 1 saturated heterocycles. The van der Waals surface area contributed by atoms with Gasteiger partial charge in [-0.15, -0.1) is 0 Å². The molecule has 50 heavy (non-hydrogen) atoms. The molecule has 0 amide bonds. The van der Waals surface area contributed by atoms with Gasteiger partial charge in [-0.3, -0.25) is 19.2 Å². The number of hydrogen-bond donors (Lipinski definition) is 4. The summed E-state index contributed by atoms with van der Waals surface area (Å²) in [4.78, 5) is 63.5. The van der Waals surface area contributed by atoms with Crippen LogP contribution in [0.1, 0.15) is 106 Å². The van der Waals surface area contributed by atoms with Crippen LogP contribution in [0.3, 0.4) is 0 Å². The van der Waals surface area contributed by atoms with Crippen LogP contribution in [0, 0.1) is 31.6 Å². The van der Waals surface area contributed by atoms with Gasteiger partial charge in [-0.05, 0) is 81.5 Å². The molecule has 0 saturated carbocycles. The van der Waals surface area contributed by atoms with Crippen LogP contribution in [0.15, 0.2) is 29.6 Å². The van der Waals surface area contributed by atoms with E-state index in [-0.39, 0.29) is 36.6 Å². The first-order valence-electron chi connectivity index (χ1n) is 17.0. The van der Waals surface area contributed by atoms with Crippen LogP contribution in [0.25, 0.3) is 29.9 Å². The summed E-state index contributed by atoms with van der Waals surface area (Å²) in [6.07, 6.45) is 11.6. The van der Waals surface area contributed by atoms with Gasteiger partial charge in [0.25, 0.3) is 0 Å². The van der Waals surface area contributed by atoms with Gasteiger partial charge < -0.3 is 29.7 Å². The van der Waals surface area contributed by atoms with E-state index in [0.717, 1.165) is 51.0 Å². The lowest BCUT2D eigenvalue weighted by Crippen LogP contribution is -2.25. The number of carbonyl (C=O) groups excluding carboxylic acids is 4. The number of esters is 2. The lowest BCUT2D eigenvalue weighted by molar-refractivity contribution is -0.143. The van der Waals surface area contributed by atoms with E-state index in [2.05, 4.69) is 33.8 Å². The smallest absolute Gasteiger partial charge is 0.321 e. The largest absolute Gasteiger partial charge is 0.468 e. The van der Waals surface area contributed by atoms with Gasteiger partial charge in [0, 0.05) is 74.3 Å². The normalized spacial score (nSPS) is 22.7. The summed E-state index contributed by atoms with van der Waals surface area (Å²) in [6.45, 7) is 16.1. The second kappa shape index (κ2) is 13.5. The molecule has 4 N–H and O–H groups in total. The van der Waals surface area contributed by atoms with E-state index < -0.39 is 11.9 Å². The molecule has 0 unspecified atom stereocenters. The number of allylic oxidation sites excluding steroid dienone is 3. The number of aromatic nitrogens is 3. The quantitative estimate of drug-likeness (QED) is 0.106. The molecule has 2 aliphatic heterocycles. The fourth-order valence-electron chi connectivity index (χ4n) is 7.59. The Morgan fingerprint density at radius 1 is 0.980 bits per heavy atom. The van der Waals surface area contributed by atoms with Gasteiger partial charge in [0.15, 0.2) is 12.1 Å². The van der Waals surface area contributed by atoms with Crippen molar-refractivity contribution in [1.82, 2.24) is 20.3 Å². The highest BCUT2D eigenvalue weighted by Crippen LogP contribution is 2.48. The predicted octanol–water partition coefficient (Wildman–Crippen LogP) is 5.16. The third kappa shape index (κ3) is 5.72. The van der Waals surface area contributed by atoms with Gasteiger partial charge in [-0.25, -0.2) is 0 Å². The first-order valence-corrected chi connectivity index (χ1v) is 17.0. The van der Waals surface area contributed by atoms with Crippen molar-refractivity contribution in [2.24, 2.45) is 17.8 Å². The fraction of sp³-hybridized carbons (Fsp3) is 0.350. The Hall–Kier alpha value is -5.38. The predicted molar refractivity (Wildman–Crippen MR) is 193 cm³/mol. The third-order valence-corrected chi connectivity index (χ3v) is 10.4. The van der Waals surface area contributed by atoms with E-state index in [0.29, 0.717) is 57.5 Å². The molecule has 5 heterocycles. The number of H-pyrrole nitrogens is 3. The molecular weight excluding hydrogens is 632 g/mol. The number of ketones is 1. The Labute approximate surface area is 291 Å². The summed E-state index contributed by atoms with van der Waals surface area (Å²) in [5, 5.41) is 5.02. The number of methoxy groups -OCH3 is 1. The zero-order valence-electron chi connectivity index (χ0n) is 29.7. The molecule has 260 valence electrons. The first kappa shape index (κ1) is 34.5. The van der Waals surface area contributed by atoms with Crippen LogP contribution in [-0.4, -0.2) is 52.7 Å². The van der Waals surface area contributed by atoms with Gasteiger partial charge in [0.05, 0.1) is 18.2 Å². The lowest BCUT2D eigenvalue weighted by atomic mass is 9.85. The first-order chi connectivity index (χ1) is 23.9. The number of aldehydes is 1. The zero-order valence-corrected chi connectivity index (χ0v) is 29.7. The lowest BCUT2D eigenvalue weighted by Gasteiger charge is -2.19. The van der Waals surface area contributed by atoms with Crippen molar-refractivity contribution in [1.29, 1.82) is 0 Å². The second-order valence-electron chi connectivity index (χ2n) is 13.5. The van der Waals surface area contributed by atoms with Gasteiger partial charge >= 0.3 is 11.9 Å². The van der Waals surface area contributed by atoms with Crippen molar-refractivity contribution in [2.45, 2.75) is 60.8 Å². The van der Waals surface area contributed by atoms with Gasteiger partial charge in [-0.1, -0.05) is 32.1 Å². The van der Waals surface area contributed by atoms with E-state index in [4.69, 9.17) is 9.47 Å². The van der Waals surface area contributed by atoms with Crippen LogP contribution in [0.4, 0.5) is 0 Å². The summed E-state index contributed by atoms with van der Waals surface area (Å²) >= 11 is 0. The van der Waals surface area contributed by atoms with Gasteiger partial charge in [0.1, 0.15) is 12.5 Å². The SMILES string of the molecule is C=Cc1c2[nH]c(c1C)/C=C1/N/C(=C3\c4[nH]c(c(C)c4C(=O)[C@@H]3C(=O)OC)/C=c3/[nH]/c(c(C=O)c3CC)=C\2)[C@@H](CCC(=O)OCC=C(C)C)[C@@H]1C. The van der Waals surface area contributed by atoms with Crippen LogP contribution >= 0.6 is 0 Å². The molecule has 8 bridgehead atoms. The molecule has 0 aromatic carbocycles. The number of aromatic amines is 3. The number of Topliss-reactive ketones (excluding diaryl/α,β-unsaturated/α-hetero) is 1. The maximum absolute atomic E-state index is 14.2. The minimum Gasteiger partial charge on any atom is -0.468 e. The maximum Gasteiger partial charge on any atom is 0.321 e. The number of nitrogens with one attached hydrogen (secondary N) is 4. The third-order valence-electron chi connectivity index (χ3n) is 10.4. The molecule has 3 aliphatic rings. The van der Waals surface area contributed by atoms with Crippen molar-refractivity contribution >= 4 is 53.9 Å². The van der Waals surface area contributed by atoms with Crippen LogP contribution in [-0.2, 0) is 25.5 Å². The van der Waals surface area contributed by atoms with E-state index in [9.17, 15) is 19.2 Å². The molecule has 1 fully saturated rings. The molecule has 6 rings (SSSR count). The molecule has 0 radical (unpaired) electrons. The van der Waals surface area contributed by atoms with Crippen LogP contribution in [0.5, 0.6) is 0 Å².